The molecule has 1 N–H and O–H groups in total. The third-order valence-corrected chi connectivity index (χ3v) is 4.28. The maximum atomic E-state index is 12.7. The highest BCUT2D eigenvalue weighted by molar-refractivity contribution is 6.04. The predicted octanol–water partition coefficient (Wildman–Crippen LogP) is -0.466. The highest BCUT2D eigenvalue weighted by Crippen LogP contribution is 2.17. The van der Waals surface area contributed by atoms with Crippen LogP contribution in [0.3, 0.4) is 0 Å². The van der Waals surface area contributed by atoms with Crippen LogP contribution in [0.4, 0.5) is 0 Å². The Bertz CT molecular complexity index is 895. The van der Waals surface area contributed by atoms with Crippen LogP contribution in [0.2, 0.25) is 0 Å². The summed E-state index contributed by atoms with van der Waals surface area (Å²) in [4.78, 5) is 28.4. The minimum Gasteiger partial charge on any atom is -0.338 e. The van der Waals surface area contributed by atoms with Gasteiger partial charge in [-0.2, -0.15) is 5.10 Å². The minimum atomic E-state index is -0.120. The van der Waals surface area contributed by atoms with Crippen LogP contribution in [0, 0.1) is 0 Å². The van der Waals surface area contributed by atoms with Crippen LogP contribution in [-0.2, 0) is 11.3 Å². The molecule has 0 saturated carbocycles. The second-order valence-corrected chi connectivity index (χ2v) is 5.80. The molecule has 0 bridgehead atoms. The van der Waals surface area contributed by atoms with E-state index in [0.717, 1.165) is 10.9 Å². The summed E-state index contributed by atoms with van der Waals surface area (Å²) in [5, 5.41) is 18.5. The Kier molecular flexibility index (Phi) is 3.84. The number of tetrazole rings is 1. The van der Waals surface area contributed by atoms with E-state index in [0.29, 0.717) is 31.9 Å². The quantitative estimate of drug-likeness (QED) is 0.690. The molecule has 128 valence electrons. The molecule has 3 heterocycles. The van der Waals surface area contributed by atoms with Gasteiger partial charge in [0, 0.05) is 31.6 Å². The first-order chi connectivity index (χ1) is 12.2. The molecule has 4 rings (SSSR count). The fourth-order valence-corrected chi connectivity index (χ4v) is 2.93. The van der Waals surface area contributed by atoms with Crippen molar-refractivity contribution >= 4 is 22.7 Å². The Morgan fingerprint density at radius 3 is 2.60 bits per heavy atom. The summed E-state index contributed by atoms with van der Waals surface area (Å²) in [6.07, 6.45) is 1.40. The van der Waals surface area contributed by atoms with Gasteiger partial charge in [-0.25, -0.2) is 4.68 Å². The topological polar surface area (TPSA) is 113 Å². The number of para-hydroxylation sites is 1. The highest BCUT2D eigenvalue weighted by Gasteiger charge is 2.27. The number of benzene rings is 1. The lowest BCUT2D eigenvalue weighted by atomic mass is 10.2. The third kappa shape index (κ3) is 2.93. The van der Waals surface area contributed by atoms with Crippen LogP contribution in [0.25, 0.3) is 10.9 Å². The van der Waals surface area contributed by atoms with Crippen molar-refractivity contribution in [3.8, 4) is 0 Å². The molecule has 1 aliphatic heterocycles. The molecule has 0 unspecified atom stereocenters. The standard InChI is InChI=1S/C15H16N8O2/c24-13(9-23-10-16-19-20-23)21-5-7-22(8-6-21)15(25)14-11-3-1-2-4-12(11)17-18-14/h1-4,10H,5-9H2,(H,17,18). The average molecular weight is 340 g/mol. The molecule has 1 fully saturated rings. The van der Waals surface area contributed by atoms with Gasteiger partial charge in [-0.1, -0.05) is 18.2 Å². The molecule has 0 aliphatic carbocycles. The van der Waals surface area contributed by atoms with Gasteiger partial charge in [0.05, 0.1) is 5.52 Å². The van der Waals surface area contributed by atoms with Crippen LogP contribution < -0.4 is 0 Å². The zero-order chi connectivity index (χ0) is 17.2. The maximum absolute atomic E-state index is 12.7. The molecule has 1 aromatic carbocycles. The van der Waals surface area contributed by atoms with Gasteiger partial charge >= 0.3 is 0 Å². The summed E-state index contributed by atoms with van der Waals surface area (Å²) < 4.78 is 1.38. The highest BCUT2D eigenvalue weighted by atomic mass is 16.2. The normalized spacial score (nSPS) is 14.9. The van der Waals surface area contributed by atoms with Crippen molar-refractivity contribution < 1.29 is 9.59 Å². The van der Waals surface area contributed by atoms with E-state index >= 15 is 0 Å². The van der Waals surface area contributed by atoms with Gasteiger partial charge in [0.2, 0.25) is 5.91 Å². The average Bonchev–Trinajstić information content (AvgIpc) is 3.31. The number of nitrogens with one attached hydrogen (secondary N) is 1. The molecule has 2 aromatic heterocycles. The molecule has 0 radical (unpaired) electrons. The van der Waals surface area contributed by atoms with Crippen molar-refractivity contribution in [1.82, 2.24) is 40.2 Å². The first-order valence-corrected chi connectivity index (χ1v) is 7.93. The summed E-state index contributed by atoms with van der Waals surface area (Å²) in [6.45, 7) is 2.01. The molecule has 3 aromatic rings. The number of hydrogen-bond donors (Lipinski definition) is 1. The van der Waals surface area contributed by atoms with Gasteiger partial charge in [-0.05, 0) is 16.5 Å². The molecular weight excluding hydrogens is 324 g/mol. The van der Waals surface area contributed by atoms with Gasteiger partial charge in [0.25, 0.3) is 5.91 Å². The van der Waals surface area contributed by atoms with E-state index in [4.69, 9.17) is 0 Å². The Labute approximate surface area is 142 Å². The Morgan fingerprint density at radius 2 is 1.84 bits per heavy atom. The lowest BCUT2D eigenvalue weighted by Crippen LogP contribution is -2.51. The minimum absolute atomic E-state index is 0.0652. The Morgan fingerprint density at radius 1 is 1.08 bits per heavy atom. The smallest absolute Gasteiger partial charge is 0.275 e. The maximum Gasteiger partial charge on any atom is 0.275 e. The molecule has 10 heteroatoms. The summed E-state index contributed by atoms with van der Waals surface area (Å²) in [7, 11) is 0. The number of fused-ring (bicyclic) bond motifs is 1. The molecule has 1 aliphatic rings. The van der Waals surface area contributed by atoms with Gasteiger partial charge < -0.3 is 9.80 Å². The second-order valence-electron chi connectivity index (χ2n) is 5.80. The van der Waals surface area contributed by atoms with Gasteiger partial charge in [-0.3, -0.25) is 14.7 Å². The molecule has 25 heavy (non-hydrogen) atoms. The number of piperazine rings is 1. The monoisotopic (exact) mass is 340 g/mol. The molecule has 0 spiro atoms. The zero-order valence-electron chi connectivity index (χ0n) is 13.4. The van der Waals surface area contributed by atoms with Crippen molar-refractivity contribution in [2.75, 3.05) is 26.2 Å². The van der Waals surface area contributed by atoms with E-state index < -0.39 is 0 Å². The van der Waals surface area contributed by atoms with E-state index in [2.05, 4.69) is 25.7 Å². The lowest BCUT2D eigenvalue weighted by molar-refractivity contribution is -0.133. The third-order valence-electron chi connectivity index (χ3n) is 4.28. The number of H-pyrrole nitrogens is 1. The lowest BCUT2D eigenvalue weighted by Gasteiger charge is -2.34. The number of rotatable bonds is 3. The van der Waals surface area contributed by atoms with Crippen molar-refractivity contribution in [2.24, 2.45) is 0 Å². The van der Waals surface area contributed by atoms with Crippen molar-refractivity contribution in [1.29, 1.82) is 0 Å². The van der Waals surface area contributed by atoms with Crippen molar-refractivity contribution in [3.63, 3.8) is 0 Å². The largest absolute Gasteiger partial charge is 0.338 e. The SMILES string of the molecule is O=C(Cn1cnnn1)N1CCN(C(=O)c2n[nH]c3ccccc23)CC1. The fourth-order valence-electron chi connectivity index (χ4n) is 2.93. The Balaban J connectivity index is 1.40. The van der Waals surface area contributed by atoms with Crippen LogP contribution >= 0.6 is 0 Å². The number of carbonyl (C=O) groups excluding carboxylic acids is 2. The van der Waals surface area contributed by atoms with Crippen molar-refractivity contribution in [2.45, 2.75) is 6.54 Å². The summed E-state index contributed by atoms with van der Waals surface area (Å²) in [5.41, 5.74) is 1.25. The predicted molar refractivity (Wildman–Crippen MR) is 86.4 cm³/mol. The summed E-state index contributed by atoms with van der Waals surface area (Å²) in [6, 6.07) is 7.53. The number of aromatic amines is 1. The van der Waals surface area contributed by atoms with Gasteiger partial charge in [0.1, 0.15) is 12.9 Å². The molecule has 2 amide bonds. The summed E-state index contributed by atoms with van der Waals surface area (Å²) >= 11 is 0. The van der Waals surface area contributed by atoms with E-state index in [1.54, 1.807) is 9.80 Å². The molecular formula is C15H16N8O2. The van der Waals surface area contributed by atoms with Crippen LogP contribution in [-0.4, -0.2) is 78.2 Å². The second kappa shape index (κ2) is 6.30. The summed E-state index contributed by atoms with van der Waals surface area (Å²) in [5.74, 6) is -0.186. The number of aromatic nitrogens is 6. The number of carbonyl (C=O) groups is 2. The van der Waals surface area contributed by atoms with E-state index in [1.807, 2.05) is 24.3 Å². The van der Waals surface area contributed by atoms with Crippen LogP contribution in [0.1, 0.15) is 10.5 Å². The first kappa shape index (κ1) is 15.2. The van der Waals surface area contributed by atoms with E-state index in [9.17, 15) is 9.59 Å². The van der Waals surface area contributed by atoms with Crippen LogP contribution in [0.5, 0.6) is 0 Å². The van der Waals surface area contributed by atoms with Gasteiger partial charge in [-0.15, -0.1) is 5.10 Å². The first-order valence-electron chi connectivity index (χ1n) is 7.93. The van der Waals surface area contributed by atoms with Crippen molar-refractivity contribution in [3.05, 3.63) is 36.3 Å². The van der Waals surface area contributed by atoms with E-state index in [-0.39, 0.29) is 18.4 Å². The molecule has 10 nitrogen and oxygen atoms in total. The number of hydrogen-bond acceptors (Lipinski definition) is 6. The zero-order valence-corrected chi connectivity index (χ0v) is 13.4. The molecule has 1 saturated heterocycles. The van der Waals surface area contributed by atoms with Gasteiger partial charge in [0.15, 0.2) is 5.69 Å². The van der Waals surface area contributed by atoms with Crippen LogP contribution in [0.15, 0.2) is 30.6 Å². The fraction of sp³-hybridized carbons (Fsp3) is 0.333. The number of amides is 2. The van der Waals surface area contributed by atoms with E-state index in [1.165, 1.54) is 11.0 Å². The Hall–Kier alpha value is -3.30. The number of nitrogens with zero attached hydrogens (tertiary/aromatic N) is 7. The molecule has 0 atom stereocenters.